The van der Waals surface area contributed by atoms with Gasteiger partial charge in [0.2, 0.25) is 5.91 Å². The van der Waals surface area contributed by atoms with Gasteiger partial charge in [0.05, 0.1) is 11.5 Å². The molecule has 148 valence electrons. The molecular formula is C24H26N4O. The third-order valence-electron chi connectivity index (χ3n) is 6.44. The Labute approximate surface area is 171 Å². The number of pyridine rings is 1. The zero-order valence-corrected chi connectivity index (χ0v) is 16.8. The molecule has 1 atom stereocenters. The first-order valence-electron chi connectivity index (χ1n) is 10.5. The maximum absolute atomic E-state index is 13.5. The molecule has 1 aromatic carbocycles. The van der Waals surface area contributed by atoms with E-state index in [4.69, 9.17) is 0 Å². The molecule has 1 unspecified atom stereocenters. The highest BCUT2D eigenvalue weighted by molar-refractivity contribution is 5.91. The van der Waals surface area contributed by atoms with Crippen molar-refractivity contribution in [2.24, 2.45) is 0 Å². The number of hydrogen-bond acceptors (Lipinski definition) is 3. The summed E-state index contributed by atoms with van der Waals surface area (Å²) in [7, 11) is 0. The van der Waals surface area contributed by atoms with E-state index < -0.39 is 0 Å². The van der Waals surface area contributed by atoms with Crippen molar-refractivity contribution in [3.8, 4) is 11.4 Å². The highest BCUT2D eigenvalue weighted by atomic mass is 16.2. The van der Waals surface area contributed by atoms with Crippen LogP contribution < -0.4 is 0 Å². The zero-order valence-electron chi connectivity index (χ0n) is 16.8. The van der Waals surface area contributed by atoms with E-state index in [0.29, 0.717) is 5.91 Å². The van der Waals surface area contributed by atoms with Gasteiger partial charge < -0.3 is 9.47 Å². The predicted molar refractivity (Wildman–Crippen MR) is 112 cm³/mol. The number of aryl methyl sites for hydroxylation is 1. The van der Waals surface area contributed by atoms with Crippen molar-refractivity contribution in [2.45, 2.75) is 44.1 Å². The van der Waals surface area contributed by atoms with E-state index in [1.165, 1.54) is 5.56 Å². The third-order valence-corrected chi connectivity index (χ3v) is 6.44. The number of benzene rings is 1. The maximum Gasteiger partial charge on any atom is 0.233 e. The Balaban J connectivity index is 1.41. The normalized spacial score (nSPS) is 20.4. The Morgan fingerprint density at radius 3 is 2.66 bits per heavy atom. The smallest absolute Gasteiger partial charge is 0.233 e. The molecule has 0 N–H and O–H groups in total. The number of carbonyl (C=O) groups is 1. The van der Waals surface area contributed by atoms with Gasteiger partial charge in [-0.25, -0.2) is 4.98 Å². The molecule has 29 heavy (non-hydrogen) atoms. The minimum atomic E-state index is -0.292. The second kappa shape index (κ2) is 7.14. The van der Waals surface area contributed by atoms with E-state index in [1.807, 2.05) is 42.7 Å². The van der Waals surface area contributed by atoms with Gasteiger partial charge in [-0.15, -0.1) is 0 Å². The van der Waals surface area contributed by atoms with E-state index in [0.717, 1.165) is 55.9 Å². The van der Waals surface area contributed by atoms with Crippen LogP contribution in [0.15, 0.2) is 61.1 Å². The molecular weight excluding hydrogens is 360 g/mol. The number of aromatic nitrogens is 3. The summed E-state index contributed by atoms with van der Waals surface area (Å²) in [6, 6.07) is 14.5. The van der Waals surface area contributed by atoms with Gasteiger partial charge in [-0.2, -0.15) is 0 Å². The van der Waals surface area contributed by atoms with Crippen LogP contribution in [0.3, 0.4) is 0 Å². The maximum atomic E-state index is 13.5. The summed E-state index contributed by atoms with van der Waals surface area (Å²) in [5.74, 6) is 1.24. The van der Waals surface area contributed by atoms with Gasteiger partial charge in [0.25, 0.3) is 0 Å². The molecule has 3 aromatic rings. The fraction of sp³-hybridized carbons (Fsp3) is 0.375. The summed E-state index contributed by atoms with van der Waals surface area (Å²) in [6.45, 7) is 3.69. The number of carbonyl (C=O) groups excluding carboxylic acids is 1. The van der Waals surface area contributed by atoms with E-state index in [2.05, 4.69) is 38.5 Å². The third kappa shape index (κ3) is 3.15. The van der Waals surface area contributed by atoms with Crippen LogP contribution in [0.2, 0.25) is 0 Å². The molecule has 5 rings (SSSR count). The van der Waals surface area contributed by atoms with Gasteiger partial charge >= 0.3 is 0 Å². The van der Waals surface area contributed by atoms with Gasteiger partial charge in [-0.1, -0.05) is 30.3 Å². The minimum Gasteiger partial charge on any atom is -0.340 e. The Hall–Kier alpha value is -2.95. The molecule has 1 amide bonds. The van der Waals surface area contributed by atoms with Crippen molar-refractivity contribution in [1.29, 1.82) is 0 Å². The first-order chi connectivity index (χ1) is 14.2. The second-order valence-electron chi connectivity index (χ2n) is 8.33. The Morgan fingerprint density at radius 1 is 1.10 bits per heavy atom. The Bertz CT molecular complexity index is 1010. The summed E-state index contributed by atoms with van der Waals surface area (Å²) in [5.41, 5.74) is 3.03. The van der Waals surface area contributed by atoms with E-state index in [9.17, 15) is 4.79 Å². The number of rotatable bonds is 4. The Morgan fingerprint density at radius 2 is 1.93 bits per heavy atom. The average Bonchev–Trinajstić information content (AvgIpc) is 3.51. The topological polar surface area (TPSA) is 51.0 Å². The average molecular weight is 386 g/mol. The summed E-state index contributed by atoms with van der Waals surface area (Å²) < 4.78 is 2.30. The highest BCUT2D eigenvalue weighted by Gasteiger charge is 2.53. The lowest BCUT2D eigenvalue weighted by molar-refractivity contribution is -0.135. The second-order valence-corrected chi connectivity index (χ2v) is 8.33. The number of nitrogens with zero attached hydrogens (tertiary/aromatic N) is 4. The monoisotopic (exact) mass is 386 g/mol. The lowest BCUT2D eigenvalue weighted by Crippen LogP contribution is -2.45. The van der Waals surface area contributed by atoms with Crippen molar-refractivity contribution in [3.63, 3.8) is 0 Å². The molecule has 2 aromatic heterocycles. The number of piperidine rings is 1. The summed E-state index contributed by atoms with van der Waals surface area (Å²) >= 11 is 0. The van der Waals surface area contributed by atoms with Crippen molar-refractivity contribution >= 4 is 5.91 Å². The molecule has 1 aliphatic heterocycles. The largest absolute Gasteiger partial charge is 0.340 e. The van der Waals surface area contributed by atoms with Gasteiger partial charge in [0.15, 0.2) is 0 Å². The molecule has 3 heterocycles. The molecule has 2 fully saturated rings. The SMILES string of the molecule is Cc1cnc(-c2cccnc2)n1C1CCCN(C(=O)C2(c3ccccc3)CC2)C1. The van der Waals surface area contributed by atoms with Crippen LogP contribution >= 0.6 is 0 Å². The van der Waals surface area contributed by atoms with Crippen molar-refractivity contribution in [3.05, 3.63) is 72.3 Å². The first kappa shape index (κ1) is 18.1. The van der Waals surface area contributed by atoms with Crippen LogP contribution in [0.5, 0.6) is 0 Å². The van der Waals surface area contributed by atoms with Gasteiger partial charge in [0, 0.05) is 42.9 Å². The summed E-state index contributed by atoms with van der Waals surface area (Å²) in [4.78, 5) is 24.5. The van der Waals surface area contributed by atoms with E-state index in [-0.39, 0.29) is 11.5 Å². The van der Waals surface area contributed by atoms with Gasteiger partial charge in [0.1, 0.15) is 5.82 Å². The molecule has 2 aliphatic rings. The molecule has 0 radical (unpaired) electrons. The van der Waals surface area contributed by atoms with Crippen molar-refractivity contribution in [1.82, 2.24) is 19.4 Å². The molecule has 1 saturated heterocycles. The molecule has 0 bridgehead atoms. The molecule has 5 heteroatoms. The fourth-order valence-electron chi connectivity index (χ4n) is 4.78. The van der Waals surface area contributed by atoms with Crippen LogP contribution in [-0.4, -0.2) is 38.4 Å². The van der Waals surface area contributed by atoms with Crippen LogP contribution in [0.25, 0.3) is 11.4 Å². The standard InChI is InChI=1S/C24H26N4O/c1-18-15-26-22(19-7-5-13-25-16-19)28(18)21-10-6-14-27(17-21)23(29)24(11-12-24)20-8-3-2-4-9-20/h2-5,7-9,13,15-16,21H,6,10-12,14,17H2,1H3. The lowest BCUT2D eigenvalue weighted by atomic mass is 9.93. The molecule has 1 aliphatic carbocycles. The highest BCUT2D eigenvalue weighted by Crippen LogP contribution is 2.50. The van der Waals surface area contributed by atoms with Gasteiger partial charge in [-0.3, -0.25) is 9.78 Å². The number of amides is 1. The van der Waals surface area contributed by atoms with Crippen LogP contribution in [0.4, 0.5) is 0 Å². The van der Waals surface area contributed by atoms with Crippen molar-refractivity contribution < 1.29 is 4.79 Å². The van der Waals surface area contributed by atoms with E-state index >= 15 is 0 Å². The van der Waals surface area contributed by atoms with Crippen LogP contribution in [-0.2, 0) is 10.2 Å². The number of likely N-dealkylation sites (tertiary alicyclic amines) is 1. The zero-order chi connectivity index (χ0) is 19.8. The number of hydrogen-bond donors (Lipinski definition) is 0. The van der Waals surface area contributed by atoms with Crippen LogP contribution in [0, 0.1) is 6.92 Å². The van der Waals surface area contributed by atoms with E-state index in [1.54, 1.807) is 6.20 Å². The Kier molecular flexibility index (Phi) is 4.46. The van der Waals surface area contributed by atoms with Crippen LogP contribution in [0.1, 0.15) is 43.0 Å². The lowest BCUT2D eigenvalue weighted by Gasteiger charge is -2.37. The fourth-order valence-corrected chi connectivity index (χ4v) is 4.78. The minimum absolute atomic E-state index is 0.247. The molecule has 5 nitrogen and oxygen atoms in total. The predicted octanol–water partition coefficient (Wildman–Crippen LogP) is 4.15. The van der Waals surface area contributed by atoms with Gasteiger partial charge in [-0.05, 0) is 50.3 Å². The quantitative estimate of drug-likeness (QED) is 0.677. The molecule has 1 saturated carbocycles. The summed E-state index contributed by atoms with van der Waals surface area (Å²) in [5, 5.41) is 0. The summed E-state index contributed by atoms with van der Waals surface area (Å²) in [6.07, 6.45) is 9.57. The van der Waals surface area contributed by atoms with Crippen molar-refractivity contribution in [2.75, 3.05) is 13.1 Å². The molecule has 0 spiro atoms. The number of imidazole rings is 1. The first-order valence-corrected chi connectivity index (χ1v) is 10.5.